The Morgan fingerprint density at radius 2 is 2.29 bits per heavy atom. The maximum Gasteiger partial charge on any atom is 0.124 e. The number of pyridine rings is 1. The molecule has 2 N–H and O–H groups in total. The van der Waals surface area contributed by atoms with E-state index in [0.29, 0.717) is 6.54 Å². The summed E-state index contributed by atoms with van der Waals surface area (Å²) in [5.74, 6) is 0. The van der Waals surface area contributed by atoms with E-state index in [2.05, 4.69) is 10.1 Å². The quantitative estimate of drug-likeness (QED) is 0.788. The van der Waals surface area contributed by atoms with E-state index in [9.17, 15) is 0 Å². The molecule has 0 saturated carbocycles. The molecule has 14 heavy (non-hydrogen) atoms. The normalized spacial score (nSPS) is 10.4. The van der Waals surface area contributed by atoms with Crippen molar-refractivity contribution < 1.29 is 4.52 Å². The molecule has 0 aliphatic heterocycles. The highest BCUT2D eigenvalue weighted by Gasteiger charge is 2.02. The Morgan fingerprint density at radius 3 is 3.00 bits per heavy atom. The minimum atomic E-state index is 0.606. The molecule has 0 aliphatic carbocycles. The average molecular weight is 189 g/mol. The van der Waals surface area contributed by atoms with E-state index in [1.165, 1.54) is 0 Å². The standard InChI is InChI=1S/C10H11N3O/c11-4-1-9-7-8(2-5-12-9)10-3-6-14-13-10/h2-3,5-7H,1,4,11H2. The molecule has 0 aliphatic rings. The Labute approximate surface area is 81.7 Å². The molecule has 4 heteroatoms. The van der Waals surface area contributed by atoms with Crippen molar-refractivity contribution in [3.63, 3.8) is 0 Å². The third-order valence-electron chi connectivity index (χ3n) is 1.95. The molecular weight excluding hydrogens is 178 g/mol. The zero-order valence-corrected chi connectivity index (χ0v) is 7.68. The van der Waals surface area contributed by atoms with Crippen LogP contribution in [0.3, 0.4) is 0 Å². The van der Waals surface area contributed by atoms with Gasteiger partial charge in [-0.3, -0.25) is 4.98 Å². The van der Waals surface area contributed by atoms with Gasteiger partial charge in [0.15, 0.2) is 0 Å². The highest BCUT2D eigenvalue weighted by molar-refractivity contribution is 5.57. The van der Waals surface area contributed by atoms with Crippen molar-refractivity contribution in [1.29, 1.82) is 0 Å². The van der Waals surface area contributed by atoms with Gasteiger partial charge in [0.05, 0.1) is 0 Å². The van der Waals surface area contributed by atoms with Crippen LogP contribution >= 0.6 is 0 Å². The first-order valence-corrected chi connectivity index (χ1v) is 4.46. The molecule has 0 unspecified atom stereocenters. The number of nitrogens with zero attached hydrogens (tertiary/aromatic N) is 2. The zero-order chi connectivity index (χ0) is 9.80. The molecule has 0 amide bonds. The number of rotatable bonds is 3. The summed E-state index contributed by atoms with van der Waals surface area (Å²) in [5.41, 5.74) is 8.27. The molecule has 2 rings (SSSR count). The first kappa shape index (κ1) is 8.90. The van der Waals surface area contributed by atoms with Crippen LogP contribution in [-0.2, 0) is 6.42 Å². The fourth-order valence-corrected chi connectivity index (χ4v) is 1.28. The van der Waals surface area contributed by atoms with Crippen LogP contribution in [0.4, 0.5) is 0 Å². The minimum Gasteiger partial charge on any atom is -0.364 e. The lowest BCUT2D eigenvalue weighted by Crippen LogP contribution is -2.04. The largest absolute Gasteiger partial charge is 0.364 e. The second-order valence-electron chi connectivity index (χ2n) is 2.96. The molecule has 2 aromatic rings. The van der Waals surface area contributed by atoms with Gasteiger partial charge in [-0.2, -0.15) is 0 Å². The van der Waals surface area contributed by atoms with E-state index >= 15 is 0 Å². The van der Waals surface area contributed by atoms with Crippen molar-refractivity contribution in [3.8, 4) is 11.3 Å². The summed E-state index contributed by atoms with van der Waals surface area (Å²) in [5, 5.41) is 3.85. The van der Waals surface area contributed by atoms with E-state index < -0.39 is 0 Å². The maximum absolute atomic E-state index is 5.46. The van der Waals surface area contributed by atoms with Crippen molar-refractivity contribution in [2.24, 2.45) is 5.73 Å². The van der Waals surface area contributed by atoms with Crippen LogP contribution in [0.2, 0.25) is 0 Å². The molecule has 0 spiro atoms. The van der Waals surface area contributed by atoms with Crippen LogP contribution in [0.1, 0.15) is 5.69 Å². The second kappa shape index (κ2) is 4.02. The van der Waals surface area contributed by atoms with Gasteiger partial charge in [0.1, 0.15) is 12.0 Å². The minimum absolute atomic E-state index is 0.606. The van der Waals surface area contributed by atoms with Gasteiger partial charge in [-0.25, -0.2) is 0 Å². The van der Waals surface area contributed by atoms with Gasteiger partial charge in [0, 0.05) is 29.9 Å². The molecule has 2 heterocycles. The molecule has 0 atom stereocenters. The zero-order valence-electron chi connectivity index (χ0n) is 7.68. The number of hydrogen-bond donors (Lipinski definition) is 1. The monoisotopic (exact) mass is 189 g/mol. The molecular formula is C10H11N3O. The van der Waals surface area contributed by atoms with E-state index in [-0.39, 0.29) is 0 Å². The van der Waals surface area contributed by atoms with Gasteiger partial charge in [0.25, 0.3) is 0 Å². The van der Waals surface area contributed by atoms with Gasteiger partial charge in [-0.05, 0) is 18.7 Å². The van der Waals surface area contributed by atoms with Crippen LogP contribution in [0.25, 0.3) is 11.3 Å². The highest BCUT2D eigenvalue weighted by atomic mass is 16.5. The smallest absolute Gasteiger partial charge is 0.124 e. The first-order valence-electron chi connectivity index (χ1n) is 4.46. The number of hydrogen-bond acceptors (Lipinski definition) is 4. The second-order valence-corrected chi connectivity index (χ2v) is 2.96. The SMILES string of the molecule is NCCc1cc(-c2ccon2)ccn1. The van der Waals surface area contributed by atoms with Crippen LogP contribution in [0, 0.1) is 0 Å². The highest BCUT2D eigenvalue weighted by Crippen LogP contribution is 2.16. The van der Waals surface area contributed by atoms with Gasteiger partial charge in [0.2, 0.25) is 0 Å². The summed E-state index contributed by atoms with van der Waals surface area (Å²) < 4.78 is 4.77. The van der Waals surface area contributed by atoms with E-state index in [1.54, 1.807) is 12.5 Å². The van der Waals surface area contributed by atoms with Gasteiger partial charge >= 0.3 is 0 Å². The molecule has 2 aromatic heterocycles. The Kier molecular flexibility index (Phi) is 2.55. The third kappa shape index (κ3) is 1.80. The molecule has 4 nitrogen and oxygen atoms in total. The van der Waals surface area contributed by atoms with Gasteiger partial charge < -0.3 is 10.3 Å². The van der Waals surface area contributed by atoms with Crippen molar-refractivity contribution in [2.75, 3.05) is 6.54 Å². The topological polar surface area (TPSA) is 64.9 Å². The molecule has 0 bridgehead atoms. The van der Waals surface area contributed by atoms with Crippen LogP contribution in [0.5, 0.6) is 0 Å². The number of nitrogens with two attached hydrogens (primary N) is 1. The third-order valence-corrected chi connectivity index (χ3v) is 1.95. The summed E-state index contributed by atoms with van der Waals surface area (Å²) in [7, 11) is 0. The Balaban J connectivity index is 2.31. The van der Waals surface area contributed by atoms with Crippen LogP contribution < -0.4 is 5.73 Å². The predicted octanol–water partition coefficient (Wildman–Crippen LogP) is 1.24. The predicted molar refractivity (Wildman–Crippen MR) is 52.5 cm³/mol. The molecule has 0 aromatic carbocycles. The van der Waals surface area contributed by atoms with Gasteiger partial charge in [-0.15, -0.1) is 0 Å². The van der Waals surface area contributed by atoms with Crippen LogP contribution in [0.15, 0.2) is 35.2 Å². The van der Waals surface area contributed by atoms with Crippen molar-refractivity contribution in [2.45, 2.75) is 6.42 Å². The van der Waals surface area contributed by atoms with E-state index in [1.807, 2.05) is 18.2 Å². The van der Waals surface area contributed by atoms with Crippen molar-refractivity contribution >= 4 is 0 Å². The average Bonchev–Trinajstić information content (AvgIpc) is 2.71. The maximum atomic E-state index is 5.46. The van der Waals surface area contributed by atoms with Crippen LogP contribution in [-0.4, -0.2) is 16.7 Å². The Hall–Kier alpha value is -1.68. The lowest BCUT2D eigenvalue weighted by molar-refractivity contribution is 0.422. The lowest BCUT2D eigenvalue weighted by Gasteiger charge is -1.99. The molecule has 72 valence electrons. The van der Waals surface area contributed by atoms with Crippen molar-refractivity contribution in [1.82, 2.24) is 10.1 Å². The van der Waals surface area contributed by atoms with Crippen molar-refractivity contribution in [3.05, 3.63) is 36.4 Å². The fourth-order valence-electron chi connectivity index (χ4n) is 1.28. The fraction of sp³-hybridized carbons (Fsp3) is 0.200. The Bertz CT molecular complexity index is 398. The lowest BCUT2D eigenvalue weighted by atomic mass is 10.1. The summed E-state index contributed by atoms with van der Waals surface area (Å²) in [6.07, 6.45) is 4.10. The molecule has 0 fully saturated rings. The van der Waals surface area contributed by atoms with E-state index in [4.69, 9.17) is 10.3 Å². The van der Waals surface area contributed by atoms with E-state index in [0.717, 1.165) is 23.4 Å². The summed E-state index contributed by atoms with van der Waals surface area (Å²) >= 11 is 0. The van der Waals surface area contributed by atoms with Gasteiger partial charge in [-0.1, -0.05) is 5.16 Å². The first-order chi connectivity index (χ1) is 6.90. The summed E-state index contributed by atoms with van der Waals surface area (Å²) in [6, 6.07) is 5.70. The summed E-state index contributed by atoms with van der Waals surface area (Å²) in [4.78, 5) is 4.20. The molecule has 0 saturated heterocycles. The Morgan fingerprint density at radius 1 is 1.36 bits per heavy atom. The molecule has 0 radical (unpaired) electrons. The number of aromatic nitrogens is 2. The summed E-state index contributed by atoms with van der Waals surface area (Å²) in [6.45, 7) is 0.606.